The number of halogens is 1. The molecule has 0 aromatic heterocycles. The second kappa shape index (κ2) is 6.90. The Kier molecular flexibility index (Phi) is 4.93. The number of alkyl halides is 1. The maximum absolute atomic E-state index is 4.01. The van der Waals surface area contributed by atoms with Crippen LogP contribution in [0.2, 0.25) is 0 Å². The summed E-state index contributed by atoms with van der Waals surface area (Å²) >= 11 is 3.97. The van der Waals surface area contributed by atoms with Crippen LogP contribution in [0.15, 0.2) is 73.3 Å². The fourth-order valence-corrected chi connectivity index (χ4v) is 7.61. The molecular weight excluding hydrogens is 339 g/mol. The molecule has 0 heterocycles. The van der Waals surface area contributed by atoms with Crippen molar-refractivity contribution in [3.8, 4) is 0 Å². The highest BCUT2D eigenvalue weighted by molar-refractivity contribution is 9.09. The molecule has 0 nitrogen and oxygen atoms in total. The molecule has 1 saturated carbocycles. The third-order valence-corrected chi connectivity index (χ3v) is 8.95. The second-order valence-electron chi connectivity index (χ2n) is 5.53. The van der Waals surface area contributed by atoms with Gasteiger partial charge < -0.3 is 0 Å². The zero-order valence-corrected chi connectivity index (χ0v) is 14.5. The molecule has 108 valence electrons. The largest absolute Gasteiger partial charge is 0.103 e. The molecule has 2 aromatic carbocycles. The second-order valence-corrected chi connectivity index (χ2v) is 9.02. The Labute approximate surface area is 137 Å². The molecule has 21 heavy (non-hydrogen) atoms. The van der Waals surface area contributed by atoms with Crippen molar-refractivity contribution in [3.63, 3.8) is 0 Å². The van der Waals surface area contributed by atoms with Gasteiger partial charge in [-0.3, -0.25) is 0 Å². The zero-order chi connectivity index (χ0) is 14.7. The summed E-state index contributed by atoms with van der Waals surface area (Å²) in [4.78, 5) is 0.543. The van der Waals surface area contributed by atoms with Crippen LogP contribution in [-0.2, 0) is 0 Å². The van der Waals surface area contributed by atoms with Crippen LogP contribution >= 0.6 is 23.9 Å². The lowest BCUT2D eigenvalue weighted by molar-refractivity contribution is 0.709. The van der Waals surface area contributed by atoms with Crippen LogP contribution in [0.1, 0.15) is 12.8 Å². The van der Waals surface area contributed by atoms with E-state index in [2.05, 4.69) is 89.2 Å². The lowest BCUT2D eigenvalue weighted by Gasteiger charge is -2.28. The minimum absolute atomic E-state index is 0.318. The van der Waals surface area contributed by atoms with Gasteiger partial charge in [-0.2, -0.15) is 0 Å². The van der Waals surface area contributed by atoms with Crippen LogP contribution in [0.3, 0.4) is 0 Å². The summed E-state index contributed by atoms with van der Waals surface area (Å²) in [5, 5.41) is 2.97. The van der Waals surface area contributed by atoms with Gasteiger partial charge in [-0.15, -0.1) is 6.58 Å². The van der Waals surface area contributed by atoms with Crippen molar-refractivity contribution in [2.75, 3.05) is 0 Å². The molecule has 0 N–H and O–H groups in total. The molecule has 2 heteroatoms. The highest BCUT2D eigenvalue weighted by Crippen LogP contribution is 2.51. The molecule has 0 radical (unpaired) electrons. The first-order valence-electron chi connectivity index (χ1n) is 7.47. The molecule has 1 fully saturated rings. The Morgan fingerprint density at radius 2 is 1.43 bits per heavy atom. The summed E-state index contributed by atoms with van der Waals surface area (Å²) in [7, 11) is -0.318. The number of allylic oxidation sites excluding steroid dienone is 1. The Bertz CT molecular complexity index is 542. The van der Waals surface area contributed by atoms with Gasteiger partial charge in [0, 0.05) is 10.5 Å². The van der Waals surface area contributed by atoms with Gasteiger partial charge in [-0.1, -0.05) is 82.7 Å². The van der Waals surface area contributed by atoms with Gasteiger partial charge in [-0.25, -0.2) is 0 Å². The van der Waals surface area contributed by atoms with E-state index in [1.165, 1.54) is 23.5 Å². The van der Waals surface area contributed by atoms with Crippen molar-refractivity contribution in [1.29, 1.82) is 0 Å². The van der Waals surface area contributed by atoms with Crippen LogP contribution in [-0.4, -0.2) is 10.5 Å². The molecule has 0 bridgehead atoms. The smallest absolute Gasteiger partial charge is 0.0281 e. The molecule has 0 amide bonds. The van der Waals surface area contributed by atoms with Crippen molar-refractivity contribution in [3.05, 3.63) is 73.3 Å². The molecule has 3 rings (SSSR count). The summed E-state index contributed by atoms with van der Waals surface area (Å²) in [6.45, 7) is 4.01. The van der Waals surface area contributed by atoms with Crippen molar-refractivity contribution in [2.24, 2.45) is 5.92 Å². The first-order valence-corrected chi connectivity index (χ1v) is 9.80. The van der Waals surface area contributed by atoms with Crippen molar-refractivity contribution in [2.45, 2.75) is 23.3 Å². The SMILES string of the molecule is C=CC1CCC(P(c2ccccc2)c2ccccc2)C1Br. The van der Waals surface area contributed by atoms with Gasteiger partial charge in [0.25, 0.3) is 0 Å². The normalized spacial score (nSPS) is 25.1. The van der Waals surface area contributed by atoms with E-state index < -0.39 is 0 Å². The number of hydrogen-bond donors (Lipinski definition) is 0. The zero-order valence-electron chi connectivity index (χ0n) is 12.0. The summed E-state index contributed by atoms with van der Waals surface area (Å²) in [6.07, 6.45) is 4.66. The number of hydrogen-bond acceptors (Lipinski definition) is 0. The number of rotatable bonds is 4. The Morgan fingerprint density at radius 1 is 0.905 bits per heavy atom. The molecule has 1 aliphatic carbocycles. The van der Waals surface area contributed by atoms with Crippen LogP contribution < -0.4 is 10.6 Å². The fourth-order valence-electron chi connectivity index (χ4n) is 3.20. The highest BCUT2D eigenvalue weighted by atomic mass is 79.9. The van der Waals surface area contributed by atoms with Crippen LogP contribution in [0.25, 0.3) is 0 Å². The summed E-state index contributed by atoms with van der Waals surface area (Å²) in [5.41, 5.74) is 0.688. The predicted molar refractivity (Wildman–Crippen MR) is 98.5 cm³/mol. The summed E-state index contributed by atoms with van der Waals surface area (Å²) in [6, 6.07) is 22.0. The lowest BCUT2D eigenvalue weighted by atomic mass is 10.1. The van der Waals surface area contributed by atoms with E-state index >= 15 is 0 Å². The van der Waals surface area contributed by atoms with Crippen LogP contribution in [0, 0.1) is 5.92 Å². The third kappa shape index (κ3) is 3.15. The van der Waals surface area contributed by atoms with E-state index in [9.17, 15) is 0 Å². The van der Waals surface area contributed by atoms with Crippen molar-refractivity contribution >= 4 is 34.5 Å². The minimum atomic E-state index is -0.318. The summed E-state index contributed by atoms with van der Waals surface area (Å²) < 4.78 is 0. The average molecular weight is 359 g/mol. The van der Waals surface area contributed by atoms with Gasteiger partial charge in [0.05, 0.1) is 0 Å². The van der Waals surface area contributed by atoms with Gasteiger partial charge >= 0.3 is 0 Å². The molecule has 0 spiro atoms. The number of benzene rings is 2. The average Bonchev–Trinajstić information content (AvgIpc) is 2.91. The first kappa shape index (κ1) is 15.0. The molecule has 0 aliphatic heterocycles. The predicted octanol–water partition coefficient (Wildman–Crippen LogP) is 4.85. The third-order valence-electron chi connectivity index (χ3n) is 4.28. The van der Waals surface area contributed by atoms with E-state index in [1.54, 1.807) is 0 Å². The minimum Gasteiger partial charge on any atom is -0.103 e. The Balaban J connectivity index is 2.00. The van der Waals surface area contributed by atoms with Crippen LogP contribution in [0.5, 0.6) is 0 Å². The van der Waals surface area contributed by atoms with Crippen molar-refractivity contribution < 1.29 is 0 Å². The quantitative estimate of drug-likeness (QED) is 0.416. The molecule has 3 atom stereocenters. The van der Waals surface area contributed by atoms with Gasteiger partial charge in [0.2, 0.25) is 0 Å². The van der Waals surface area contributed by atoms with E-state index in [-0.39, 0.29) is 7.92 Å². The van der Waals surface area contributed by atoms with Gasteiger partial charge in [0.15, 0.2) is 0 Å². The Hall–Kier alpha value is -0.910. The standard InChI is InChI=1S/C19H20BrP/c1-2-15-13-14-18(19(15)20)21(16-9-5-3-6-10-16)17-11-7-4-8-12-17/h2-12,15,18-19H,1,13-14H2. The molecule has 2 aromatic rings. The van der Waals surface area contributed by atoms with E-state index in [0.717, 1.165) is 0 Å². The summed E-state index contributed by atoms with van der Waals surface area (Å²) in [5.74, 6) is 0.604. The first-order chi connectivity index (χ1) is 10.3. The monoisotopic (exact) mass is 358 g/mol. The van der Waals surface area contributed by atoms with E-state index in [1.807, 2.05) is 0 Å². The maximum Gasteiger partial charge on any atom is 0.0281 e. The van der Waals surface area contributed by atoms with Crippen LogP contribution in [0.4, 0.5) is 0 Å². The maximum atomic E-state index is 4.01. The molecule has 3 unspecified atom stereocenters. The van der Waals surface area contributed by atoms with Gasteiger partial charge in [0.1, 0.15) is 0 Å². The molecule has 0 saturated heterocycles. The molecule has 1 aliphatic rings. The Morgan fingerprint density at radius 3 is 1.86 bits per heavy atom. The topological polar surface area (TPSA) is 0 Å². The van der Waals surface area contributed by atoms with Crippen molar-refractivity contribution in [1.82, 2.24) is 0 Å². The lowest BCUT2D eigenvalue weighted by Crippen LogP contribution is -2.26. The van der Waals surface area contributed by atoms with Gasteiger partial charge in [-0.05, 0) is 37.3 Å². The van der Waals surface area contributed by atoms with E-state index in [4.69, 9.17) is 0 Å². The molecular formula is C19H20BrP. The fraction of sp³-hybridized carbons (Fsp3) is 0.263. The highest BCUT2D eigenvalue weighted by Gasteiger charge is 2.38. The van der Waals surface area contributed by atoms with E-state index in [0.29, 0.717) is 16.4 Å².